The molecule has 0 saturated heterocycles. The van der Waals surface area contributed by atoms with Crippen LogP contribution in [0.15, 0.2) is 35.1 Å². The zero-order valence-corrected chi connectivity index (χ0v) is 13.2. The summed E-state index contributed by atoms with van der Waals surface area (Å²) in [4.78, 5) is 24.5. The lowest BCUT2D eigenvalue weighted by atomic mass is 10.2. The van der Waals surface area contributed by atoms with E-state index >= 15 is 0 Å². The lowest BCUT2D eigenvalue weighted by Gasteiger charge is -2.15. The molecule has 1 aliphatic heterocycles. The third-order valence-corrected chi connectivity index (χ3v) is 4.23. The van der Waals surface area contributed by atoms with Crippen molar-refractivity contribution in [2.24, 2.45) is 0 Å². The molecule has 1 aliphatic carbocycles. The van der Waals surface area contributed by atoms with E-state index < -0.39 is 6.04 Å². The standard InChI is InChI=1S/C17H17N3O4/c1-10(20-16(21)7-5-13(19-20)11-2-3-11)17(22)18-12-4-6-14-15(8-12)24-9-23-14/h4-8,10-11H,2-3,9H2,1H3,(H,18,22). The number of ether oxygens (including phenoxy) is 2. The first-order valence-electron chi connectivity index (χ1n) is 7.92. The van der Waals surface area contributed by atoms with Gasteiger partial charge in [0, 0.05) is 23.7 Å². The fraction of sp³-hybridized carbons (Fsp3) is 0.353. The molecule has 1 fully saturated rings. The molecule has 124 valence electrons. The molecule has 24 heavy (non-hydrogen) atoms. The predicted molar refractivity (Wildman–Crippen MR) is 86.4 cm³/mol. The number of nitrogens with zero attached hydrogens (tertiary/aromatic N) is 2. The molecule has 2 aliphatic rings. The summed E-state index contributed by atoms with van der Waals surface area (Å²) in [5, 5.41) is 7.14. The van der Waals surface area contributed by atoms with E-state index in [-0.39, 0.29) is 18.3 Å². The van der Waals surface area contributed by atoms with Crippen LogP contribution in [0.2, 0.25) is 0 Å². The van der Waals surface area contributed by atoms with Gasteiger partial charge in [-0.1, -0.05) is 0 Å². The van der Waals surface area contributed by atoms with Gasteiger partial charge in [-0.15, -0.1) is 0 Å². The Hall–Kier alpha value is -2.83. The van der Waals surface area contributed by atoms with E-state index in [1.54, 1.807) is 31.2 Å². The van der Waals surface area contributed by atoms with Gasteiger partial charge in [-0.2, -0.15) is 5.10 Å². The maximum atomic E-state index is 12.5. The average Bonchev–Trinajstić information content (AvgIpc) is 3.32. The number of hydrogen-bond donors (Lipinski definition) is 1. The maximum absolute atomic E-state index is 12.5. The molecule has 1 aromatic heterocycles. The van der Waals surface area contributed by atoms with Crippen molar-refractivity contribution in [3.05, 3.63) is 46.4 Å². The first-order valence-corrected chi connectivity index (χ1v) is 7.92. The molecule has 2 heterocycles. The van der Waals surface area contributed by atoms with Gasteiger partial charge in [-0.25, -0.2) is 4.68 Å². The van der Waals surface area contributed by atoms with Crippen molar-refractivity contribution in [3.8, 4) is 11.5 Å². The molecule has 1 amide bonds. The van der Waals surface area contributed by atoms with E-state index in [0.29, 0.717) is 23.1 Å². The average molecular weight is 327 g/mol. The molecular weight excluding hydrogens is 310 g/mol. The molecular formula is C17H17N3O4. The van der Waals surface area contributed by atoms with Gasteiger partial charge in [0.25, 0.3) is 5.56 Å². The monoisotopic (exact) mass is 327 g/mol. The minimum absolute atomic E-state index is 0.177. The second kappa shape index (κ2) is 5.67. The van der Waals surface area contributed by atoms with Gasteiger partial charge >= 0.3 is 0 Å². The summed E-state index contributed by atoms with van der Waals surface area (Å²) in [6.07, 6.45) is 2.17. The lowest BCUT2D eigenvalue weighted by molar-refractivity contribution is -0.119. The topological polar surface area (TPSA) is 82.4 Å². The molecule has 0 bridgehead atoms. The first kappa shape index (κ1) is 14.7. The quantitative estimate of drug-likeness (QED) is 0.929. The van der Waals surface area contributed by atoms with E-state index in [0.717, 1.165) is 18.5 Å². The number of amides is 1. The van der Waals surface area contributed by atoms with E-state index in [1.807, 2.05) is 0 Å². The molecule has 1 atom stereocenters. The van der Waals surface area contributed by atoms with Gasteiger partial charge in [0.2, 0.25) is 12.7 Å². The van der Waals surface area contributed by atoms with Crippen molar-refractivity contribution in [2.75, 3.05) is 12.1 Å². The van der Waals surface area contributed by atoms with Crippen molar-refractivity contribution < 1.29 is 14.3 Å². The van der Waals surface area contributed by atoms with Crippen LogP contribution in [-0.2, 0) is 4.79 Å². The molecule has 1 N–H and O–H groups in total. The lowest BCUT2D eigenvalue weighted by Crippen LogP contribution is -2.33. The molecule has 1 saturated carbocycles. The Balaban J connectivity index is 1.54. The highest BCUT2D eigenvalue weighted by atomic mass is 16.7. The summed E-state index contributed by atoms with van der Waals surface area (Å²) in [7, 11) is 0. The van der Waals surface area contributed by atoms with Gasteiger partial charge < -0.3 is 14.8 Å². The Morgan fingerprint density at radius 2 is 2.04 bits per heavy atom. The van der Waals surface area contributed by atoms with Crippen LogP contribution in [-0.4, -0.2) is 22.5 Å². The number of carbonyl (C=O) groups is 1. The van der Waals surface area contributed by atoms with Crippen LogP contribution in [0, 0.1) is 0 Å². The van der Waals surface area contributed by atoms with E-state index in [4.69, 9.17) is 9.47 Å². The fourth-order valence-corrected chi connectivity index (χ4v) is 2.65. The van der Waals surface area contributed by atoms with Crippen molar-refractivity contribution in [3.63, 3.8) is 0 Å². The van der Waals surface area contributed by atoms with E-state index in [1.165, 1.54) is 10.7 Å². The van der Waals surface area contributed by atoms with Crippen molar-refractivity contribution in [1.29, 1.82) is 0 Å². The summed E-state index contributed by atoms with van der Waals surface area (Å²) in [5.74, 6) is 1.35. The predicted octanol–water partition coefficient (Wildman–Crippen LogP) is 2.05. The number of benzene rings is 1. The third-order valence-electron chi connectivity index (χ3n) is 4.23. The number of nitrogens with one attached hydrogen (secondary N) is 1. The highest BCUT2D eigenvalue weighted by Crippen LogP contribution is 2.38. The van der Waals surface area contributed by atoms with Crippen molar-refractivity contribution in [2.45, 2.75) is 31.7 Å². The summed E-state index contributed by atoms with van der Waals surface area (Å²) >= 11 is 0. The van der Waals surface area contributed by atoms with Crippen LogP contribution in [0.1, 0.15) is 37.4 Å². The zero-order valence-electron chi connectivity index (χ0n) is 13.2. The number of aromatic nitrogens is 2. The molecule has 0 spiro atoms. The second-order valence-electron chi connectivity index (χ2n) is 6.05. The molecule has 4 rings (SSSR count). The van der Waals surface area contributed by atoms with Gasteiger partial charge in [-0.3, -0.25) is 9.59 Å². The summed E-state index contributed by atoms with van der Waals surface area (Å²) in [6.45, 7) is 1.84. The Labute approximate surface area is 138 Å². The molecule has 1 aromatic carbocycles. The number of rotatable bonds is 4. The number of hydrogen-bond acceptors (Lipinski definition) is 5. The van der Waals surface area contributed by atoms with Gasteiger partial charge in [0.1, 0.15) is 6.04 Å². The van der Waals surface area contributed by atoms with Crippen LogP contribution in [0.3, 0.4) is 0 Å². The maximum Gasteiger partial charge on any atom is 0.267 e. The summed E-state index contributed by atoms with van der Waals surface area (Å²) < 4.78 is 11.8. The minimum Gasteiger partial charge on any atom is -0.454 e. The molecule has 1 unspecified atom stereocenters. The summed E-state index contributed by atoms with van der Waals surface area (Å²) in [5.41, 5.74) is 1.17. The molecule has 2 aromatic rings. The minimum atomic E-state index is -0.707. The van der Waals surface area contributed by atoms with Gasteiger partial charge in [0.15, 0.2) is 11.5 Å². The van der Waals surface area contributed by atoms with Crippen molar-refractivity contribution >= 4 is 11.6 Å². The normalized spacial score (nSPS) is 16.7. The Morgan fingerprint density at radius 1 is 1.25 bits per heavy atom. The largest absolute Gasteiger partial charge is 0.454 e. The van der Waals surface area contributed by atoms with E-state index in [9.17, 15) is 9.59 Å². The highest BCUT2D eigenvalue weighted by Gasteiger charge is 2.27. The Kier molecular flexibility index (Phi) is 3.48. The smallest absolute Gasteiger partial charge is 0.267 e. The number of fused-ring (bicyclic) bond motifs is 1. The Bertz CT molecular complexity index is 857. The van der Waals surface area contributed by atoms with Crippen LogP contribution in [0.4, 0.5) is 5.69 Å². The van der Waals surface area contributed by atoms with Crippen LogP contribution in [0.25, 0.3) is 0 Å². The number of carbonyl (C=O) groups excluding carboxylic acids is 1. The highest BCUT2D eigenvalue weighted by molar-refractivity contribution is 5.93. The Morgan fingerprint density at radius 3 is 2.83 bits per heavy atom. The SMILES string of the molecule is CC(C(=O)Nc1ccc2c(c1)OCO2)n1nc(C2CC2)ccc1=O. The van der Waals surface area contributed by atoms with Crippen LogP contribution < -0.4 is 20.3 Å². The molecule has 0 radical (unpaired) electrons. The molecule has 7 nitrogen and oxygen atoms in total. The fourth-order valence-electron chi connectivity index (χ4n) is 2.65. The van der Waals surface area contributed by atoms with E-state index in [2.05, 4.69) is 10.4 Å². The second-order valence-corrected chi connectivity index (χ2v) is 6.05. The van der Waals surface area contributed by atoms with Gasteiger partial charge in [0.05, 0.1) is 5.69 Å². The summed E-state index contributed by atoms with van der Waals surface area (Å²) in [6, 6.07) is 7.69. The third kappa shape index (κ3) is 2.73. The molecule has 7 heteroatoms. The van der Waals surface area contributed by atoms with Crippen LogP contribution in [0.5, 0.6) is 11.5 Å². The number of anilines is 1. The van der Waals surface area contributed by atoms with Crippen LogP contribution >= 0.6 is 0 Å². The first-order chi connectivity index (χ1) is 11.6. The van der Waals surface area contributed by atoms with Gasteiger partial charge in [-0.05, 0) is 38.0 Å². The van der Waals surface area contributed by atoms with Crippen molar-refractivity contribution in [1.82, 2.24) is 9.78 Å². The zero-order chi connectivity index (χ0) is 16.7.